The van der Waals surface area contributed by atoms with E-state index in [9.17, 15) is 4.79 Å². The molecular formula is C19H21N7O. The van der Waals surface area contributed by atoms with Crippen molar-refractivity contribution in [2.45, 2.75) is 25.7 Å². The Bertz CT molecular complexity index is 954. The molecule has 0 N–H and O–H groups in total. The van der Waals surface area contributed by atoms with E-state index in [0.717, 1.165) is 42.3 Å². The average Bonchev–Trinajstić information content (AvgIpc) is 3.06. The highest BCUT2D eigenvalue weighted by molar-refractivity contribution is 5.93. The number of piperidine rings is 1. The standard InChI is InChI=1S/C19H21N7O/c1-13-24-10-16(25(13)2)18-17(22-5-6-23-18)14-4-3-7-26(11-14)19(27)15-8-20-12-21-9-15/h5-6,8-10,12,14H,3-4,7,11H2,1-2H3/t14-/m1/s1. The molecule has 0 aliphatic carbocycles. The van der Waals surface area contributed by atoms with Crippen LogP contribution in [0.1, 0.15) is 40.6 Å². The van der Waals surface area contributed by atoms with Gasteiger partial charge < -0.3 is 9.47 Å². The molecule has 4 heterocycles. The van der Waals surface area contributed by atoms with Gasteiger partial charge in [0.2, 0.25) is 0 Å². The van der Waals surface area contributed by atoms with Gasteiger partial charge in [-0.15, -0.1) is 0 Å². The fourth-order valence-electron chi connectivity index (χ4n) is 3.54. The molecule has 3 aromatic heterocycles. The topological polar surface area (TPSA) is 89.7 Å². The highest BCUT2D eigenvalue weighted by atomic mass is 16.2. The fraction of sp³-hybridized carbons (Fsp3) is 0.368. The number of rotatable bonds is 3. The van der Waals surface area contributed by atoms with Crippen LogP contribution in [0.15, 0.2) is 37.3 Å². The smallest absolute Gasteiger partial charge is 0.257 e. The number of imidazole rings is 1. The fourth-order valence-corrected chi connectivity index (χ4v) is 3.54. The maximum Gasteiger partial charge on any atom is 0.257 e. The Kier molecular flexibility index (Phi) is 4.62. The Morgan fingerprint density at radius 1 is 1.11 bits per heavy atom. The molecule has 8 heteroatoms. The summed E-state index contributed by atoms with van der Waals surface area (Å²) < 4.78 is 2.01. The van der Waals surface area contributed by atoms with Crippen LogP contribution in [0.4, 0.5) is 0 Å². The number of carbonyl (C=O) groups excluding carboxylic acids is 1. The summed E-state index contributed by atoms with van der Waals surface area (Å²) in [5, 5.41) is 0. The van der Waals surface area contributed by atoms with Gasteiger partial charge in [-0.2, -0.15) is 0 Å². The molecule has 0 bridgehead atoms. The van der Waals surface area contributed by atoms with Crippen LogP contribution in [-0.2, 0) is 7.05 Å². The maximum atomic E-state index is 12.8. The highest BCUT2D eigenvalue weighted by Gasteiger charge is 2.29. The van der Waals surface area contributed by atoms with Gasteiger partial charge in [0.1, 0.15) is 17.8 Å². The maximum absolute atomic E-state index is 12.8. The van der Waals surface area contributed by atoms with Crippen LogP contribution in [0.25, 0.3) is 11.4 Å². The van der Waals surface area contributed by atoms with Crippen LogP contribution in [0.2, 0.25) is 0 Å². The molecule has 0 saturated carbocycles. The Morgan fingerprint density at radius 2 is 1.89 bits per heavy atom. The van der Waals surface area contributed by atoms with Crippen LogP contribution >= 0.6 is 0 Å². The van der Waals surface area contributed by atoms with Crippen molar-refractivity contribution in [3.63, 3.8) is 0 Å². The molecule has 1 aliphatic heterocycles. The van der Waals surface area contributed by atoms with Gasteiger partial charge in [-0.25, -0.2) is 15.0 Å². The van der Waals surface area contributed by atoms with Crippen LogP contribution in [0.3, 0.4) is 0 Å². The van der Waals surface area contributed by atoms with E-state index in [1.807, 2.05) is 29.6 Å². The molecule has 0 radical (unpaired) electrons. The Labute approximate surface area is 157 Å². The molecule has 27 heavy (non-hydrogen) atoms. The molecule has 0 unspecified atom stereocenters. The molecule has 3 aromatic rings. The second kappa shape index (κ2) is 7.22. The highest BCUT2D eigenvalue weighted by Crippen LogP contribution is 2.32. The summed E-state index contributed by atoms with van der Waals surface area (Å²) in [6, 6.07) is 0. The lowest BCUT2D eigenvalue weighted by Crippen LogP contribution is -2.39. The lowest BCUT2D eigenvalue weighted by molar-refractivity contribution is 0.0705. The zero-order valence-electron chi connectivity index (χ0n) is 15.4. The summed E-state index contributed by atoms with van der Waals surface area (Å²) in [5.41, 5.74) is 3.21. The molecule has 1 saturated heterocycles. The first-order valence-corrected chi connectivity index (χ1v) is 8.99. The zero-order valence-corrected chi connectivity index (χ0v) is 15.4. The van der Waals surface area contributed by atoms with Gasteiger partial charge >= 0.3 is 0 Å². The number of nitrogens with zero attached hydrogens (tertiary/aromatic N) is 7. The monoisotopic (exact) mass is 363 g/mol. The Balaban J connectivity index is 1.63. The van der Waals surface area contributed by atoms with Crippen molar-refractivity contribution < 1.29 is 4.79 Å². The van der Waals surface area contributed by atoms with Crippen molar-refractivity contribution in [2.24, 2.45) is 7.05 Å². The Hall–Kier alpha value is -3.16. The molecule has 1 aliphatic rings. The largest absolute Gasteiger partial charge is 0.338 e. The number of aromatic nitrogens is 6. The lowest BCUT2D eigenvalue weighted by atomic mass is 9.92. The number of hydrogen-bond donors (Lipinski definition) is 0. The van der Waals surface area contributed by atoms with Gasteiger partial charge in [-0.05, 0) is 19.8 Å². The average molecular weight is 363 g/mol. The summed E-state index contributed by atoms with van der Waals surface area (Å²) in [6.45, 7) is 3.30. The predicted molar refractivity (Wildman–Crippen MR) is 98.9 cm³/mol. The minimum Gasteiger partial charge on any atom is -0.338 e. The predicted octanol–water partition coefficient (Wildman–Crippen LogP) is 2.00. The molecule has 8 nitrogen and oxygen atoms in total. The quantitative estimate of drug-likeness (QED) is 0.707. The Morgan fingerprint density at radius 3 is 2.63 bits per heavy atom. The van der Waals surface area contributed by atoms with Gasteiger partial charge in [0, 0.05) is 50.8 Å². The SMILES string of the molecule is Cc1ncc(-c2nccnc2[C@@H]2CCCN(C(=O)c3cncnc3)C2)n1C. The number of aryl methyl sites for hydroxylation is 1. The van der Waals surface area contributed by atoms with Crippen molar-refractivity contribution >= 4 is 5.91 Å². The summed E-state index contributed by atoms with van der Waals surface area (Å²) in [7, 11) is 1.97. The van der Waals surface area contributed by atoms with Gasteiger partial charge in [0.25, 0.3) is 5.91 Å². The van der Waals surface area contributed by atoms with E-state index in [4.69, 9.17) is 0 Å². The van der Waals surface area contributed by atoms with Crippen molar-refractivity contribution in [1.29, 1.82) is 0 Å². The zero-order chi connectivity index (χ0) is 18.8. The lowest BCUT2D eigenvalue weighted by Gasteiger charge is -2.33. The normalized spacial score (nSPS) is 17.1. The molecular weight excluding hydrogens is 342 g/mol. The van der Waals surface area contributed by atoms with Crippen molar-refractivity contribution in [3.05, 3.63) is 54.4 Å². The minimum absolute atomic E-state index is 0.0397. The van der Waals surface area contributed by atoms with E-state index in [0.29, 0.717) is 12.1 Å². The number of amides is 1. The van der Waals surface area contributed by atoms with Crippen LogP contribution in [0.5, 0.6) is 0 Å². The van der Waals surface area contributed by atoms with Gasteiger partial charge in [0.05, 0.1) is 23.1 Å². The third-order valence-electron chi connectivity index (χ3n) is 5.09. The molecule has 1 fully saturated rings. The minimum atomic E-state index is -0.0397. The molecule has 138 valence electrons. The van der Waals surface area contributed by atoms with Gasteiger partial charge in [-0.1, -0.05) is 0 Å². The third kappa shape index (κ3) is 3.30. The first-order valence-electron chi connectivity index (χ1n) is 8.99. The van der Waals surface area contributed by atoms with E-state index < -0.39 is 0 Å². The van der Waals surface area contributed by atoms with Crippen LogP contribution < -0.4 is 0 Å². The molecule has 0 aromatic carbocycles. The van der Waals surface area contributed by atoms with E-state index in [1.54, 1.807) is 24.8 Å². The number of carbonyl (C=O) groups is 1. The van der Waals surface area contributed by atoms with Gasteiger partial charge in [-0.3, -0.25) is 14.8 Å². The molecule has 4 rings (SSSR count). The van der Waals surface area contributed by atoms with Gasteiger partial charge in [0.15, 0.2) is 0 Å². The van der Waals surface area contributed by atoms with Crippen molar-refractivity contribution in [2.75, 3.05) is 13.1 Å². The van der Waals surface area contributed by atoms with Crippen LogP contribution in [-0.4, -0.2) is 53.4 Å². The third-order valence-corrected chi connectivity index (χ3v) is 5.09. The summed E-state index contributed by atoms with van der Waals surface area (Å²) >= 11 is 0. The first-order chi connectivity index (χ1) is 13.1. The number of likely N-dealkylation sites (tertiary alicyclic amines) is 1. The first kappa shape index (κ1) is 17.3. The van der Waals surface area contributed by atoms with E-state index in [-0.39, 0.29) is 11.8 Å². The van der Waals surface area contributed by atoms with E-state index >= 15 is 0 Å². The molecule has 0 spiro atoms. The summed E-state index contributed by atoms with van der Waals surface area (Å²) in [6.07, 6.45) is 11.7. The number of hydrogen-bond acceptors (Lipinski definition) is 6. The van der Waals surface area contributed by atoms with Crippen LogP contribution in [0, 0.1) is 6.92 Å². The second-order valence-corrected chi connectivity index (χ2v) is 6.76. The summed E-state index contributed by atoms with van der Waals surface area (Å²) in [5.74, 6) is 1.01. The van der Waals surface area contributed by atoms with E-state index in [1.165, 1.54) is 6.33 Å². The second-order valence-electron chi connectivity index (χ2n) is 6.76. The van der Waals surface area contributed by atoms with Crippen molar-refractivity contribution in [3.8, 4) is 11.4 Å². The van der Waals surface area contributed by atoms with E-state index in [2.05, 4.69) is 24.9 Å². The molecule has 1 atom stereocenters. The van der Waals surface area contributed by atoms with Crippen molar-refractivity contribution in [1.82, 2.24) is 34.4 Å². The molecule has 1 amide bonds. The summed E-state index contributed by atoms with van der Waals surface area (Å²) in [4.78, 5) is 36.1.